The lowest BCUT2D eigenvalue weighted by Gasteiger charge is -2.11. The largest absolute Gasteiger partial charge is 0.388 e. The van der Waals surface area contributed by atoms with E-state index in [9.17, 15) is 17.6 Å². The number of hydrogen-bond donors (Lipinski definition) is 1. The van der Waals surface area contributed by atoms with E-state index in [1.54, 1.807) is 6.07 Å². The minimum atomic E-state index is -4.18. The van der Waals surface area contributed by atoms with Crippen LogP contribution in [0.2, 0.25) is 5.02 Å². The highest BCUT2D eigenvalue weighted by Crippen LogP contribution is 2.52. The molecule has 0 amide bonds. The number of benzene rings is 1. The zero-order chi connectivity index (χ0) is 19.9. The summed E-state index contributed by atoms with van der Waals surface area (Å²) in [6.07, 6.45) is -8.34. The number of halogens is 7. The van der Waals surface area contributed by atoms with E-state index in [0.29, 0.717) is 12.1 Å². The number of ether oxygens (including phenoxy) is 1. The van der Waals surface area contributed by atoms with Crippen LogP contribution >= 0.6 is 33.0 Å². The number of fused-ring (bicyclic) bond motifs is 1. The Bertz CT molecular complexity index is 928. The molecule has 0 spiro atoms. The van der Waals surface area contributed by atoms with Crippen LogP contribution in [0.25, 0.3) is 5.69 Å². The Kier molecular flexibility index (Phi) is 5.74. The molecule has 0 atom stereocenters. The maximum atomic E-state index is 13.6. The van der Waals surface area contributed by atoms with Gasteiger partial charge in [0.1, 0.15) is 11.9 Å². The second-order valence-electron chi connectivity index (χ2n) is 4.65. The van der Waals surface area contributed by atoms with Crippen molar-refractivity contribution < 1.29 is 26.5 Å². The van der Waals surface area contributed by atoms with Crippen molar-refractivity contribution in [3.05, 3.63) is 40.0 Å². The van der Waals surface area contributed by atoms with E-state index in [1.165, 1.54) is 6.07 Å². The number of nitrogens with two attached hydrogens (primary N) is 1. The van der Waals surface area contributed by atoms with Crippen LogP contribution in [-0.4, -0.2) is 14.0 Å². The van der Waals surface area contributed by atoms with Gasteiger partial charge in [-0.05, 0) is 12.1 Å². The van der Waals surface area contributed by atoms with E-state index < -0.39 is 32.6 Å². The molecule has 26 heavy (non-hydrogen) atoms. The number of anilines is 1. The summed E-state index contributed by atoms with van der Waals surface area (Å²) >= 11 is 5.85. The first-order valence-corrected chi connectivity index (χ1v) is 9.37. The third-order valence-corrected chi connectivity index (χ3v) is 3.35. The predicted octanol–water partition coefficient (Wildman–Crippen LogP) is 4.15. The van der Waals surface area contributed by atoms with Gasteiger partial charge in [0, 0.05) is 27.4 Å². The summed E-state index contributed by atoms with van der Waals surface area (Å²) in [6, 6.07) is 4.28. The highest BCUT2D eigenvalue weighted by molar-refractivity contribution is 8.26. The Labute approximate surface area is 159 Å². The van der Waals surface area contributed by atoms with Crippen LogP contribution in [0.5, 0.6) is 0 Å². The maximum absolute atomic E-state index is 13.6. The smallest absolute Gasteiger partial charge is 0.384 e. The van der Waals surface area contributed by atoms with E-state index in [2.05, 4.69) is 31.2 Å². The van der Waals surface area contributed by atoms with E-state index >= 15 is 0 Å². The molecule has 1 aliphatic heterocycles. The van der Waals surface area contributed by atoms with Crippen LogP contribution in [-0.2, 0) is 26.2 Å². The molecule has 2 N–H and O–H groups in total. The number of nitrogen functional groups attached to an aromatic ring is 1. The second kappa shape index (κ2) is 7.21. The molecule has 140 valence electrons. The van der Waals surface area contributed by atoms with Crippen molar-refractivity contribution in [3.8, 4) is 11.8 Å². The molecule has 2 aromatic rings. The first-order valence-electron chi connectivity index (χ1n) is 6.19. The Hall–Kier alpha value is -1.58. The Balaban J connectivity index is 0.000000552. The molecule has 0 radical (unpaired) electrons. The summed E-state index contributed by atoms with van der Waals surface area (Å²) in [4.78, 5) is 0. The first-order chi connectivity index (χ1) is 11.9. The summed E-state index contributed by atoms with van der Waals surface area (Å²) in [6.45, 7) is 0. The van der Waals surface area contributed by atoms with Crippen LogP contribution in [0.15, 0.2) is 18.2 Å². The summed E-state index contributed by atoms with van der Waals surface area (Å²) in [7, 11) is 7.36. The minimum Gasteiger partial charge on any atom is -0.384 e. The lowest BCUT2D eigenvalue weighted by molar-refractivity contribution is -0.369. The zero-order valence-corrected chi connectivity index (χ0v) is 15.1. The van der Waals surface area contributed by atoms with Gasteiger partial charge in [-0.2, -0.15) is 27.9 Å². The fraction of sp³-hybridized carbons (Fsp3) is 0.167. The van der Waals surface area contributed by atoms with E-state index in [-0.39, 0.29) is 22.2 Å². The molecule has 0 bridgehead atoms. The van der Waals surface area contributed by atoms with Gasteiger partial charge < -0.3 is 5.73 Å². The van der Waals surface area contributed by atoms with Gasteiger partial charge >= 0.3 is 12.2 Å². The molecule has 1 aromatic heterocycles. The standard InChI is InChI=1S/C12H5ClF4N4O.Cl2OS/c13-8-2-6-7(12(16,17)22-11(6,14)15)3-9(8)21-10(19)1-5(4-18)20-21;1-4(2)3/h1-3H,19H2;. The number of nitriles is 1. The van der Waals surface area contributed by atoms with Gasteiger partial charge in [0.15, 0.2) is 5.69 Å². The van der Waals surface area contributed by atoms with Crippen molar-refractivity contribution in [2.24, 2.45) is 0 Å². The lowest BCUT2D eigenvalue weighted by atomic mass is 10.1. The Morgan fingerprint density at radius 3 is 2.15 bits per heavy atom. The topological polar surface area (TPSA) is 93.9 Å². The van der Waals surface area contributed by atoms with Crippen molar-refractivity contribution in [1.29, 1.82) is 5.26 Å². The number of nitrogens with zero attached hydrogens (tertiary/aromatic N) is 3. The molecule has 1 aliphatic rings. The molecule has 0 saturated carbocycles. The molecule has 0 unspecified atom stereocenters. The summed E-state index contributed by atoms with van der Waals surface area (Å²) in [5.74, 6) is -0.0626. The molecule has 0 saturated heterocycles. The highest BCUT2D eigenvalue weighted by Gasteiger charge is 2.57. The summed E-state index contributed by atoms with van der Waals surface area (Å²) in [5.41, 5.74) is 3.29. The van der Waals surface area contributed by atoms with Crippen LogP contribution in [0.3, 0.4) is 0 Å². The third-order valence-electron chi connectivity index (χ3n) is 3.05. The molecule has 14 heteroatoms. The number of hydrogen-bond acceptors (Lipinski definition) is 5. The van der Waals surface area contributed by atoms with Crippen molar-refractivity contribution >= 4 is 48.0 Å². The fourth-order valence-electron chi connectivity index (χ4n) is 2.12. The molecule has 0 fully saturated rings. The average molecular weight is 452 g/mol. The Morgan fingerprint density at radius 1 is 1.19 bits per heavy atom. The minimum absolute atomic E-state index is 0.0626. The Morgan fingerprint density at radius 2 is 1.69 bits per heavy atom. The number of rotatable bonds is 1. The van der Waals surface area contributed by atoms with Gasteiger partial charge in [0.05, 0.1) is 21.8 Å². The van der Waals surface area contributed by atoms with Gasteiger partial charge in [-0.15, -0.1) is 0 Å². The molecule has 2 heterocycles. The number of aromatic nitrogens is 2. The zero-order valence-electron chi connectivity index (χ0n) is 12.0. The van der Waals surface area contributed by atoms with Gasteiger partial charge in [0.2, 0.25) is 9.23 Å². The lowest BCUT2D eigenvalue weighted by Crippen LogP contribution is -2.17. The van der Waals surface area contributed by atoms with Crippen LogP contribution < -0.4 is 5.73 Å². The fourth-order valence-corrected chi connectivity index (χ4v) is 2.36. The third kappa shape index (κ3) is 4.05. The normalized spacial score (nSPS) is 16.6. The van der Waals surface area contributed by atoms with Gasteiger partial charge in [-0.25, -0.2) is 13.6 Å². The van der Waals surface area contributed by atoms with Crippen LogP contribution in [0.1, 0.15) is 16.8 Å². The average Bonchev–Trinajstić information content (AvgIpc) is 2.93. The monoisotopic (exact) mass is 450 g/mol. The second-order valence-corrected chi connectivity index (χ2v) is 7.58. The SMILES string of the molecule is N#Cc1cc(N)n(-c2cc3c(cc2Cl)C(F)(F)OC3(F)F)n1.O=S(Cl)Cl. The van der Waals surface area contributed by atoms with Crippen LogP contribution in [0, 0.1) is 11.3 Å². The van der Waals surface area contributed by atoms with Crippen molar-refractivity contribution in [2.45, 2.75) is 12.2 Å². The number of alkyl halides is 4. The van der Waals surface area contributed by atoms with Crippen LogP contribution in [0.4, 0.5) is 23.4 Å². The van der Waals surface area contributed by atoms with Crippen molar-refractivity contribution in [2.75, 3.05) is 5.73 Å². The first kappa shape index (κ1) is 20.7. The van der Waals surface area contributed by atoms with Gasteiger partial charge in [-0.3, -0.25) is 0 Å². The van der Waals surface area contributed by atoms with E-state index in [4.69, 9.17) is 26.8 Å². The quantitative estimate of drug-likeness (QED) is 0.519. The molecule has 3 rings (SSSR count). The molecular formula is C12H5Cl3F4N4O2S. The maximum Gasteiger partial charge on any atom is 0.388 e. The van der Waals surface area contributed by atoms with Gasteiger partial charge in [-0.1, -0.05) is 11.6 Å². The summed E-state index contributed by atoms with van der Waals surface area (Å²) < 4.78 is 67.5. The molecule has 0 aliphatic carbocycles. The highest BCUT2D eigenvalue weighted by atomic mass is 36.0. The summed E-state index contributed by atoms with van der Waals surface area (Å²) in [5, 5.41) is 12.2. The van der Waals surface area contributed by atoms with E-state index in [0.717, 1.165) is 4.68 Å². The molecule has 6 nitrogen and oxygen atoms in total. The van der Waals surface area contributed by atoms with E-state index in [1.807, 2.05) is 0 Å². The molecule has 1 aromatic carbocycles. The van der Waals surface area contributed by atoms with Crippen molar-refractivity contribution in [1.82, 2.24) is 9.78 Å². The predicted molar refractivity (Wildman–Crippen MR) is 86.4 cm³/mol. The van der Waals surface area contributed by atoms with Crippen molar-refractivity contribution in [3.63, 3.8) is 0 Å². The molecular weight excluding hydrogens is 447 g/mol. The van der Waals surface area contributed by atoms with Gasteiger partial charge in [0.25, 0.3) is 0 Å².